The molecule has 0 amide bonds. The van der Waals surface area contributed by atoms with Gasteiger partial charge in [-0.1, -0.05) is 170 Å². The fourth-order valence-corrected chi connectivity index (χ4v) is 8.64. The van der Waals surface area contributed by atoms with Crippen molar-refractivity contribution in [3.63, 3.8) is 0 Å². The predicted molar refractivity (Wildman–Crippen MR) is 229 cm³/mol. The van der Waals surface area contributed by atoms with Crippen LogP contribution in [0.2, 0.25) is 0 Å². The third-order valence-electron chi connectivity index (χ3n) is 11.0. The SMILES string of the molecule is [2H]c1c([2H])c([2H])c(-c2cccc3oc4ccc(-c5cccc6cc(-c7c8ccccc8c(Cc8cccc9ccccc89)c8ccccc78)ccc56)cc4c23)c([2H])c1[2H]. The molecule has 10 aromatic carbocycles. The monoisotopic (exact) mass is 691 g/mol. The van der Waals surface area contributed by atoms with Crippen molar-refractivity contribution in [2.45, 2.75) is 6.42 Å². The van der Waals surface area contributed by atoms with Gasteiger partial charge in [0.15, 0.2) is 0 Å². The summed E-state index contributed by atoms with van der Waals surface area (Å²) in [6, 6.07) is 56.0. The van der Waals surface area contributed by atoms with E-state index in [4.69, 9.17) is 11.3 Å². The van der Waals surface area contributed by atoms with Crippen molar-refractivity contribution in [1.29, 1.82) is 0 Å². The van der Waals surface area contributed by atoms with E-state index in [1.807, 2.05) is 12.1 Å². The Kier molecular flexibility index (Phi) is 5.91. The highest BCUT2D eigenvalue weighted by Gasteiger charge is 2.18. The highest BCUT2D eigenvalue weighted by atomic mass is 16.3. The van der Waals surface area contributed by atoms with E-state index in [1.54, 1.807) is 12.1 Å². The maximum atomic E-state index is 8.72. The molecule has 0 aliphatic carbocycles. The van der Waals surface area contributed by atoms with Crippen molar-refractivity contribution in [2.75, 3.05) is 0 Å². The molecule has 0 fully saturated rings. The molecule has 0 bridgehead atoms. The number of rotatable bonds is 5. The lowest BCUT2D eigenvalue weighted by Crippen LogP contribution is -1.96. The van der Waals surface area contributed by atoms with Gasteiger partial charge in [0.2, 0.25) is 0 Å². The molecule has 0 atom stereocenters. The highest BCUT2D eigenvalue weighted by molar-refractivity contribution is 6.17. The first kappa shape index (κ1) is 25.9. The van der Waals surface area contributed by atoms with Crippen LogP contribution in [-0.2, 0) is 6.42 Å². The van der Waals surface area contributed by atoms with Crippen LogP contribution in [0.15, 0.2) is 198 Å². The average Bonchev–Trinajstić information content (AvgIpc) is 3.66. The van der Waals surface area contributed by atoms with E-state index in [1.165, 1.54) is 49.0 Å². The van der Waals surface area contributed by atoms with Crippen molar-refractivity contribution < 1.29 is 11.3 Å². The van der Waals surface area contributed by atoms with Gasteiger partial charge in [-0.15, -0.1) is 0 Å². The summed E-state index contributed by atoms with van der Waals surface area (Å²) in [5, 5.41) is 11.3. The maximum Gasteiger partial charge on any atom is 0.136 e. The van der Waals surface area contributed by atoms with Gasteiger partial charge >= 0.3 is 0 Å². The molecule has 0 spiro atoms. The van der Waals surface area contributed by atoms with Gasteiger partial charge in [-0.25, -0.2) is 0 Å². The lowest BCUT2D eigenvalue weighted by Gasteiger charge is -2.18. The number of hydrogen-bond donors (Lipinski definition) is 0. The van der Waals surface area contributed by atoms with Gasteiger partial charge in [0.1, 0.15) is 11.2 Å². The molecule has 0 unspecified atom stereocenters. The number of furan rings is 1. The van der Waals surface area contributed by atoms with Crippen molar-refractivity contribution in [1.82, 2.24) is 0 Å². The third kappa shape index (κ3) is 4.86. The summed E-state index contributed by atoms with van der Waals surface area (Å²) in [4.78, 5) is 0. The summed E-state index contributed by atoms with van der Waals surface area (Å²) in [5.41, 5.74) is 9.02. The van der Waals surface area contributed by atoms with E-state index in [-0.39, 0.29) is 29.7 Å². The van der Waals surface area contributed by atoms with Gasteiger partial charge in [0, 0.05) is 10.8 Å². The molecule has 54 heavy (non-hydrogen) atoms. The molecule has 0 N–H and O–H groups in total. The molecular weight excluding hydrogens is 653 g/mol. The van der Waals surface area contributed by atoms with Crippen LogP contribution < -0.4 is 0 Å². The van der Waals surface area contributed by atoms with Crippen LogP contribution in [0.1, 0.15) is 18.0 Å². The average molecular weight is 692 g/mol. The quantitative estimate of drug-likeness (QED) is 0.164. The summed E-state index contributed by atoms with van der Waals surface area (Å²) >= 11 is 0. The third-order valence-corrected chi connectivity index (χ3v) is 11.0. The van der Waals surface area contributed by atoms with E-state index >= 15 is 0 Å². The molecule has 0 radical (unpaired) electrons. The van der Waals surface area contributed by atoms with Crippen LogP contribution in [0.25, 0.3) is 98.4 Å². The summed E-state index contributed by atoms with van der Waals surface area (Å²) in [6.07, 6.45) is 0.823. The highest BCUT2D eigenvalue weighted by Crippen LogP contribution is 2.43. The maximum absolute atomic E-state index is 8.72. The van der Waals surface area contributed by atoms with Crippen LogP contribution in [0.5, 0.6) is 0 Å². The van der Waals surface area contributed by atoms with Gasteiger partial charge < -0.3 is 4.42 Å². The van der Waals surface area contributed by atoms with Gasteiger partial charge in [-0.2, -0.15) is 0 Å². The minimum atomic E-state index is -0.412. The molecule has 0 aliphatic rings. The molecule has 0 saturated carbocycles. The second-order valence-corrected chi connectivity index (χ2v) is 14.0. The van der Waals surface area contributed by atoms with Crippen LogP contribution in [0.3, 0.4) is 0 Å². The number of benzene rings is 10. The topological polar surface area (TPSA) is 13.1 Å². The fourth-order valence-electron chi connectivity index (χ4n) is 8.64. The Morgan fingerprint density at radius 1 is 0.407 bits per heavy atom. The zero-order valence-corrected chi connectivity index (χ0v) is 29.2. The van der Waals surface area contributed by atoms with E-state index in [0.717, 1.165) is 39.3 Å². The summed E-state index contributed by atoms with van der Waals surface area (Å²) in [7, 11) is 0. The van der Waals surface area contributed by atoms with Crippen molar-refractivity contribution >= 4 is 65.0 Å². The van der Waals surface area contributed by atoms with E-state index in [0.29, 0.717) is 22.1 Å². The first-order valence-electron chi connectivity index (χ1n) is 20.8. The molecule has 1 heteroatoms. The second kappa shape index (κ2) is 12.3. The number of fused-ring (bicyclic) bond motifs is 7. The number of hydrogen-bond acceptors (Lipinski definition) is 1. The van der Waals surface area contributed by atoms with E-state index in [2.05, 4.69) is 140 Å². The first-order chi connectivity index (χ1) is 28.9. The normalized spacial score (nSPS) is 13.1. The van der Waals surface area contributed by atoms with Gasteiger partial charge in [0.05, 0.1) is 6.85 Å². The lowest BCUT2D eigenvalue weighted by molar-refractivity contribution is 0.669. The molecule has 11 aromatic rings. The molecule has 252 valence electrons. The van der Waals surface area contributed by atoms with Crippen molar-refractivity contribution in [2.24, 2.45) is 0 Å². The Hall–Kier alpha value is -6.96. The predicted octanol–water partition coefficient (Wildman–Crippen LogP) is 14.8. The fraction of sp³-hybridized carbons (Fsp3) is 0.0189. The zero-order valence-electron chi connectivity index (χ0n) is 34.2. The molecule has 1 aromatic heterocycles. The van der Waals surface area contributed by atoms with Crippen LogP contribution in [-0.4, -0.2) is 0 Å². The van der Waals surface area contributed by atoms with Crippen molar-refractivity contribution in [3.8, 4) is 33.4 Å². The Morgan fingerprint density at radius 2 is 1.06 bits per heavy atom. The van der Waals surface area contributed by atoms with Crippen molar-refractivity contribution in [3.05, 3.63) is 205 Å². The Balaban J connectivity index is 1.07. The lowest BCUT2D eigenvalue weighted by atomic mass is 9.85. The largest absolute Gasteiger partial charge is 0.456 e. The summed E-state index contributed by atoms with van der Waals surface area (Å²) < 4.78 is 48.6. The molecule has 11 rings (SSSR count). The van der Waals surface area contributed by atoms with Crippen LogP contribution in [0, 0.1) is 0 Å². The smallest absolute Gasteiger partial charge is 0.136 e. The van der Waals surface area contributed by atoms with Crippen LogP contribution >= 0.6 is 0 Å². The molecule has 1 heterocycles. The Bertz CT molecular complexity index is 3460. The summed E-state index contributed by atoms with van der Waals surface area (Å²) in [5.74, 6) is 0. The standard InChI is InChI=1S/C53H34O/c1-2-13-35(14-3-1)43-25-12-26-51-53(43)49-33-38(28-30-50(49)54-51)41-24-11-18-36-31-39(27-29-42(36)41)52-46-22-8-6-20-44(46)48(45-21-7-9-23-47(45)52)32-37-17-10-16-34-15-4-5-19-40(34)37/h1-31,33H,32H2/i1D,2D,3D,13D,14D. The molecular formula is C53H34O. The zero-order chi connectivity index (χ0) is 39.9. The van der Waals surface area contributed by atoms with Gasteiger partial charge in [-0.3, -0.25) is 0 Å². The first-order valence-corrected chi connectivity index (χ1v) is 18.3. The minimum absolute atomic E-state index is 0.161. The van der Waals surface area contributed by atoms with E-state index in [9.17, 15) is 0 Å². The molecule has 0 aliphatic heterocycles. The van der Waals surface area contributed by atoms with E-state index < -0.39 is 6.04 Å². The molecule has 1 nitrogen and oxygen atoms in total. The van der Waals surface area contributed by atoms with Crippen LogP contribution in [0.4, 0.5) is 0 Å². The Labute approximate surface area is 320 Å². The van der Waals surface area contributed by atoms with Gasteiger partial charge in [0.25, 0.3) is 0 Å². The minimum Gasteiger partial charge on any atom is -0.456 e. The van der Waals surface area contributed by atoms with Gasteiger partial charge in [-0.05, 0) is 118 Å². The Morgan fingerprint density at radius 3 is 1.87 bits per heavy atom. The summed E-state index contributed by atoms with van der Waals surface area (Å²) in [6.45, 7) is 0. The molecule has 0 saturated heterocycles. The second-order valence-electron chi connectivity index (χ2n) is 14.0.